The summed E-state index contributed by atoms with van der Waals surface area (Å²) in [4.78, 5) is 28.7. The van der Waals surface area contributed by atoms with E-state index in [-0.39, 0.29) is 5.91 Å². The Labute approximate surface area is 249 Å². The number of aryl methyl sites for hydroxylation is 1. The molecule has 4 aliphatic rings. The highest BCUT2D eigenvalue weighted by atomic mass is 16.2. The number of carbonyl (C=O) groups excluding carboxylic acids is 1. The fraction of sp³-hybridized carbons (Fsp3) is 0.303. The Kier molecular flexibility index (Phi) is 6.11. The monoisotopic (exact) mass is 571 g/mol. The van der Waals surface area contributed by atoms with Crippen LogP contribution in [0, 0.1) is 5.92 Å². The van der Waals surface area contributed by atoms with Crippen LogP contribution in [0.3, 0.4) is 0 Å². The molecule has 2 unspecified atom stereocenters. The molecular weight excluding hydrogens is 538 g/mol. The minimum Gasteiger partial charge on any atom is -0.383 e. The largest absolute Gasteiger partial charge is 0.383 e. The molecule has 9 rings (SSSR count). The fourth-order valence-corrected chi connectivity index (χ4v) is 7.39. The molecule has 0 radical (unpaired) electrons. The summed E-state index contributed by atoms with van der Waals surface area (Å²) < 4.78 is 3.83. The van der Waals surface area contributed by atoms with Crippen molar-refractivity contribution in [2.75, 3.05) is 12.3 Å². The highest BCUT2D eigenvalue weighted by Gasteiger charge is 2.42. The van der Waals surface area contributed by atoms with Gasteiger partial charge in [-0.05, 0) is 97.7 Å². The van der Waals surface area contributed by atoms with Gasteiger partial charge in [0.15, 0.2) is 17.3 Å². The van der Waals surface area contributed by atoms with Gasteiger partial charge in [0.2, 0.25) is 5.91 Å². The van der Waals surface area contributed by atoms with Gasteiger partial charge in [0.25, 0.3) is 0 Å². The number of nitrogen functional groups attached to an aromatic ring is 1. The Bertz CT molecular complexity index is 1860. The molecule has 1 aromatic carbocycles. The van der Waals surface area contributed by atoms with Crippen molar-refractivity contribution < 1.29 is 4.79 Å². The second kappa shape index (κ2) is 10.2. The number of rotatable bonds is 6. The van der Waals surface area contributed by atoms with Gasteiger partial charge in [0, 0.05) is 48.9 Å². The fourth-order valence-electron chi connectivity index (χ4n) is 7.39. The highest BCUT2D eigenvalue weighted by molar-refractivity contribution is 5.87. The van der Waals surface area contributed by atoms with Crippen molar-refractivity contribution in [1.29, 1.82) is 0 Å². The first-order chi connectivity index (χ1) is 21.1. The number of hydrogen-bond acceptors (Lipinski definition) is 7. The number of anilines is 1. The van der Waals surface area contributed by atoms with Crippen molar-refractivity contribution in [1.82, 2.24) is 39.5 Å². The average molecular weight is 572 g/mol. The Balaban J connectivity index is 1.14. The quantitative estimate of drug-likeness (QED) is 0.290. The topological polar surface area (TPSA) is 120 Å². The minimum atomic E-state index is 0.0672. The number of hydrogen-bond donors (Lipinski definition) is 2. The van der Waals surface area contributed by atoms with E-state index in [1.807, 2.05) is 41.4 Å². The number of nitrogens with two attached hydrogens (primary N) is 1. The molecule has 10 nitrogen and oxygen atoms in total. The zero-order valence-corrected chi connectivity index (χ0v) is 23.8. The van der Waals surface area contributed by atoms with Gasteiger partial charge in [0.1, 0.15) is 11.3 Å². The van der Waals surface area contributed by atoms with Crippen molar-refractivity contribution >= 4 is 22.9 Å². The first kappa shape index (κ1) is 25.8. The highest BCUT2D eigenvalue weighted by Crippen LogP contribution is 2.40. The molecular formula is C33H33N9O. The van der Waals surface area contributed by atoms with Crippen LogP contribution in [0.4, 0.5) is 5.82 Å². The van der Waals surface area contributed by atoms with Gasteiger partial charge in [-0.3, -0.25) is 9.36 Å². The molecule has 2 aliphatic carbocycles. The van der Waals surface area contributed by atoms with Gasteiger partial charge in [-0.2, -0.15) is 5.10 Å². The van der Waals surface area contributed by atoms with E-state index in [0.29, 0.717) is 41.5 Å². The van der Waals surface area contributed by atoms with Crippen molar-refractivity contribution in [3.05, 3.63) is 90.9 Å². The lowest BCUT2D eigenvalue weighted by atomic mass is 9.75. The van der Waals surface area contributed by atoms with Crippen LogP contribution in [0.1, 0.15) is 42.9 Å². The maximum atomic E-state index is 12.4. The summed E-state index contributed by atoms with van der Waals surface area (Å²) in [6, 6.07) is 17.3. The summed E-state index contributed by atoms with van der Waals surface area (Å²) in [6.07, 6.45) is 12.1. The standard InChI is InChI=1S/C33H33N9O/c1-2-30(43)40-19-21-6-8-22(40)18-28(21)37-26-11-7-20-17-23(9-10-24(20)26)42-32(25-5-3-14-35-31(25)34)38-27-12-13-29(39-33(27)42)41-16-4-15-36-41/h2-5,9-10,12-17,21-22,26,28,37H,1,6-8,11,18-19H2,(H2,34,35)/t21?,22-,26+,28?/m1/s1. The van der Waals surface area contributed by atoms with Crippen molar-refractivity contribution in [3.63, 3.8) is 0 Å². The second-order valence-electron chi connectivity index (χ2n) is 11.8. The Hall–Kier alpha value is -4.83. The number of imidazole rings is 1. The van der Waals surface area contributed by atoms with E-state index in [4.69, 9.17) is 15.7 Å². The van der Waals surface area contributed by atoms with Crippen molar-refractivity contribution in [3.8, 4) is 22.9 Å². The van der Waals surface area contributed by atoms with Crippen molar-refractivity contribution in [2.24, 2.45) is 5.92 Å². The maximum Gasteiger partial charge on any atom is 0.246 e. The van der Waals surface area contributed by atoms with E-state index in [9.17, 15) is 4.79 Å². The first-order valence-corrected chi connectivity index (χ1v) is 15.0. The molecule has 1 amide bonds. The summed E-state index contributed by atoms with van der Waals surface area (Å²) in [6.45, 7) is 4.53. The summed E-state index contributed by atoms with van der Waals surface area (Å²) >= 11 is 0. The lowest BCUT2D eigenvalue weighted by Gasteiger charge is -2.50. The van der Waals surface area contributed by atoms with Crippen LogP contribution < -0.4 is 11.1 Å². The summed E-state index contributed by atoms with van der Waals surface area (Å²) in [5.41, 5.74) is 12.3. The van der Waals surface area contributed by atoms with E-state index in [0.717, 1.165) is 54.6 Å². The zero-order valence-electron chi connectivity index (χ0n) is 23.8. The minimum absolute atomic E-state index is 0.0672. The Morgan fingerprint density at radius 3 is 2.79 bits per heavy atom. The predicted octanol–water partition coefficient (Wildman–Crippen LogP) is 4.39. The number of piperidine rings is 2. The van der Waals surface area contributed by atoms with Crippen LogP contribution in [0.25, 0.3) is 34.1 Å². The van der Waals surface area contributed by atoms with E-state index >= 15 is 0 Å². The normalized spacial score (nSPS) is 22.7. The van der Waals surface area contributed by atoms with Crippen molar-refractivity contribution in [2.45, 2.75) is 50.2 Å². The molecule has 2 bridgehead atoms. The van der Waals surface area contributed by atoms with Gasteiger partial charge >= 0.3 is 0 Å². The predicted molar refractivity (Wildman–Crippen MR) is 165 cm³/mol. The Morgan fingerprint density at radius 2 is 2.00 bits per heavy atom. The van der Waals surface area contributed by atoms with Gasteiger partial charge in [0.05, 0.1) is 5.56 Å². The smallest absolute Gasteiger partial charge is 0.246 e. The molecule has 5 aromatic rings. The molecule has 4 aromatic heterocycles. The number of nitrogens with one attached hydrogen (secondary N) is 1. The summed E-state index contributed by atoms with van der Waals surface area (Å²) in [5, 5.41) is 8.38. The molecule has 43 heavy (non-hydrogen) atoms. The van der Waals surface area contributed by atoms with E-state index < -0.39 is 0 Å². The number of amides is 1. The number of carbonyl (C=O) groups is 1. The van der Waals surface area contributed by atoms with Crippen LogP contribution in [-0.4, -0.2) is 58.7 Å². The van der Waals surface area contributed by atoms with E-state index in [1.165, 1.54) is 23.6 Å². The third-order valence-corrected chi connectivity index (χ3v) is 9.48. The van der Waals surface area contributed by atoms with E-state index in [1.54, 1.807) is 17.1 Å². The van der Waals surface area contributed by atoms with Gasteiger partial charge in [-0.15, -0.1) is 0 Å². The van der Waals surface area contributed by atoms with Crippen LogP contribution in [0.2, 0.25) is 0 Å². The summed E-state index contributed by atoms with van der Waals surface area (Å²) in [7, 11) is 0. The molecule has 3 N–H and O–H groups in total. The molecule has 2 saturated heterocycles. The van der Waals surface area contributed by atoms with E-state index in [2.05, 4.69) is 44.7 Å². The number of benzene rings is 1. The third-order valence-electron chi connectivity index (χ3n) is 9.48. The van der Waals surface area contributed by atoms with Crippen LogP contribution in [0.15, 0.2) is 79.8 Å². The van der Waals surface area contributed by atoms with Gasteiger partial charge in [-0.25, -0.2) is 19.6 Å². The van der Waals surface area contributed by atoms with Gasteiger partial charge < -0.3 is 16.0 Å². The SMILES string of the molecule is C=CC(=O)N1CC2CC[C@@H]1CC2N[C@H]1CCc2cc(-n3c(-c4cccnc4N)nc4ccc(-n5cccn5)nc43)ccc21. The third kappa shape index (κ3) is 4.32. The van der Waals surface area contributed by atoms with Crippen LogP contribution >= 0.6 is 0 Å². The number of fused-ring (bicyclic) bond motifs is 5. The molecule has 216 valence electrons. The first-order valence-electron chi connectivity index (χ1n) is 15.0. The van der Waals surface area contributed by atoms with Crippen LogP contribution in [-0.2, 0) is 11.2 Å². The van der Waals surface area contributed by atoms with Crippen LogP contribution in [0.5, 0.6) is 0 Å². The summed E-state index contributed by atoms with van der Waals surface area (Å²) in [5.74, 6) is 2.39. The molecule has 3 fully saturated rings. The second-order valence-corrected chi connectivity index (χ2v) is 11.8. The Morgan fingerprint density at radius 1 is 1.07 bits per heavy atom. The van der Waals surface area contributed by atoms with Gasteiger partial charge in [-0.1, -0.05) is 12.6 Å². The number of pyridine rings is 2. The number of nitrogens with zero attached hydrogens (tertiary/aromatic N) is 7. The number of aromatic nitrogens is 6. The molecule has 2 aliphatic heterocycles. The molecule has 1 saturated carbocycles. The lowest BCUT2D eigenvalue weighted by molar-refractivity contribution is -0.134. The molecule has 10 heteroatoms. The maximum absolute atomic E-state index is 12.4. The molecule has 6 heterocycles. The molecule has 4 atom stereocenters. The lowest BCUT2D eigenvalue weighted by Crippen LogP contribution is -2.59. The zero-order chi connectivity index (χ0) is 29.1. The molecule has 0 spiro atoms. The average Bonchev–Trinajstić information content (AvgIpc) is 3.80.